The summed E-state index contributed by atoms with van der Waals surface area (Å²) in [5, 5.41) is 2.58. The van der Waals surface area contributed by atoms with E-state index in [1.54, 1.807) is 0 Å². The van der Waals surface area contributed by atoms with E-state index in [9.17, 15) is 0 Å². The molecule has 0 atom stereocenters. The SMILES string of the molecule is Cc1ccc2c(n1)[se]c1c(-c3cccc(Cc4cccc(-c5ccccc5)n4)n3)cccc12. The predicted octanol–water partition coefficient (Wildman–Crippen LogP) is 6.47. The molecule has 0 fully saturated rings. The van der Waals surface area contributed by atoms with Crippen molar-refractivity contribution in [1.82, 2.24) is 15.0 Å². The Balaban J connectivity index is 1.38. The molecule has 0 N–H and O–H groups in total. The second-order valence-electron chi connectivity index (χ2n) is 8.16. The Bertz CT molecular complexity index is 1600. The molecule has 6 rings (SSSR count). The molecule has 0 aliphatic rings. The first-order chi connectivity index (χ1) is 16.2. The van der Waals surface area contributed by atoms with Crippen molar-refractivity contribution in [2.45, 2.75) is 13.3 Å². The number of rotatable bonds is 4. The summed E-state index contributed by atoms with van der Waals surface area (Å²) in [7, 11) is 0. The molecule has 3 nitrogen and oxygen atoms in total. The van der Waals surface area contributed by atoms with E-state index in [1.807, 2.05) is 18.2 Å². The zero-order valence-corrected chi connectivity index (χ0v) is 19.9. The molecule has 4 heteroatoms. The summed E-state index contributed by atoms with van der Waals surface area (Å²) < 4.78 is 2.61. The van der Waals surface area contributed by atoms with Gasteiger partial charge in [0.25, 0.3) is 0 Å². The van der Waals surface area contributed by atoms with Crippen molar-refractivity contribution >= 4 is 33.9 Å². The van der Waals surface area contributed by atoms with Gasteiger partial charge in [0.15, 0.2) is 0 Å². The summed E-state index contributed by atoms with van der Waals surface area (Å²) in [5.74, 6) is 0. The molecule has 0 saturated carbocycles. The van der Waals surface area contributed by atoms with Crippen LogP contribution in [-0.4, -0.2) is 29.5 Å². The van der Waals surface area contributed by atoms with Crippen LogP contribution in [0.3, 0.4) is 0 Å². The normalized spacial score (nSPS) is 11.3. The van der Waals surface area contributed by atoms with E-state index < -0.39 is 0 Å². The van der Waals surface area contributed by atoms with Gasteiger partial charge in [0.05, 0.1) is 0 Å². The first-order valence-electron chi connectivity index (χ1n) is 11.0. The minimum atomic E-state index is 0.191. The van der Waals surface area contributed by atoms with Gasteiger partial charge in [0, 0.05) is 0 Å². The zero-order chi connectivity index (χ0) is 22.2. The molecule has 2 aromatic carbocycles. The Morgan fingerprint density at radius 3 is 2.15 bits per heavy atom. The third kappa shape index (κ3) is 3.89. The molecule has 0 saturated heterocycles. The Kier molecular flexibility index (Phi) is 5.10. The number of hydrogen-bond donors (Lipinski definition) is 0. The molecule has 0 bridgehead atoms. The Labute approximate surface area is 198 Å². The second-order valence-corrected chi connectivity index (χ2v) is 10.3. The Morgan fingerprint density at radius 1 is 0.606 bits per heavy atom. The Morgan fingerprint density at radius 2 is 1.33 bits per heavy atom. The van der Waals surface area contributed by atoms with E-state index in [4.69, 9.17) is 15.0 Å². The van der Waals surface area contributed by atoms with Crippen molar-refractivity contribution in [3.63, 3.8) is 0 Å². The third-order valence-corrected chi connectivity index (χ3v) is 8.23. The van der Waals surface area contributed by atoms with E-state index in [0.29, 0.717) is 6.42 Å². The maximum atomic E-state index is 5.05. The summed E-state index contributed by atoms with van der Waals surface area (Å²) in [6, 6.07) is 33.7. The molecule has 0 aliphatic carbocycles. The summed E-state index contributed by atoms with van der Waals surface area (Å²) >= 11 is 0.191. The van der Waals surface area contributed by atoms with Crippen LogP contribution in [0.4, 0.5) is 0 Å². The molecule has 0 radical (unpaired) electrons. The van der Waals surface area contributed by atoms with Crippen molar-refractivity contribution in [3.8, 4) is 22.5 Å². The van der Waals surface area contributed by atoms with Gasteiger partial charge in [-0.05, 0) is 0 Å². The van der Waals surface area contributed by atoms with Crippen LogP contribution in [-0.2, 0) is 6.42 Å². The molecule has 0 spiro atoms. The van der Waals surface area contributed by atoms with E-state index in [0.717, 1.165) is 34.0 Å². The van der Waals surface area contributed by atoms with E-state index in [2.05, 4.69) is 85.8 Å². The molecule has 4 heterocycles. The van der Waals surface area contributed by atoms with Crippen LogP contribution in [0.1, 0.15) is 17.1 Å². The molecule has 158 valence electrons. The number of benzene rings is 2. The van der Waals surface area contributed by atoms with Gasteiger partial charge < -0.3 is 0 Å². The van der Waals surface area contributed by atoms with E-state index in [1.165, 1.54) is 25.0 Å². The summed E-state index contributed by atoms with van der Waals surface area (Å²) in [6.45, 7) is 2.06. The van der Waals surface area contributed by atoms with Gasteiger partial charge in [0.1, 0.15) is 0 Å². The maximum absolute atomic E-state index is 5.05. The van der Waals surface area contributed by atoms with Crippen molar-refractivity contribution < 1.29 is 0 Å². The van der Waals surface area contributed by atoms with Crippen molar-refractivity contribution in [1.29, 1.82) is 0 Å². The van der Waals surface area contributed by atoms with Gasteiger partial charge in [-0.3, -0.25) is 0 Å². The van der Waals surface area contributed by atoms with E-state index in [-0.39, 0.29) is 14.5 Å². The Hall–Kier alpha value is -3.59. The minimum absolute atomic E-state index is 0.191. The number of aromatic nitrogens is 3. The summed E-state index contributed by atoms with van der Waals surface area (Å²) in [6.07, 6.45) is 0.704. The van der Waals surface area contributed by atoms with Crippen LogP contribution in [0.15, 0.2) is 97.1 Å². The molecular formula is C29H21N3Se. The molecule has 0 amide bonds. The van der Waals surface area contributed by atoms with Crippen molar-refractivity contribution in [2.75, 3.05) is 0 Å². The van der Waals surface area contributed by atoms with Gasteiger partial charge >= 0.3 is 193 Å². The average Bonchev–Trinajstić information content (AvgIpc) is 3.22. The fourth-order valence-corrected chi connectivity index (χ4v) is 6.84. The number of fused-ring (bicyclic) bond motifs is 3. The van der Waals surface area contributed by atoms with Crippen molar-refractivity contribution in [2.24, 2.45) is 0 Å². The van der Waals surface area contributed by atoms with E-state index >= 15 is 0 Å². The molecule has 4 aromatic heterocycles. The molecule has 33 heavy (non-hydrogen) atoms. The number of hydrogen-bond acceptors (Lipinski definition) is 3. The quantitative estimate of drug-likeness (QED) is 0.266. The van der Waals surface area contributed by atoms with Crippen LogP contribution in [0.2, 0.25) is 0 Å². The van der Waals surface area contributed by atoms with Gasteiger partial charge in [-0.15, -0.1) is 0 Å². The van der Waals surface area contributed by atoms with Gasteiger partial charge in [0.2, 0.25) is 0 Å². The number of nitrogens with zero attached hydrogens (tertiary/aromatic N) is 3. The molecule has 6 aromatic rings. The van der Waals surface area contributed by atoms with Gasteiger partial charge in [-0.1, -0.05) is 6.07 Å². The predicted molar refractivity (Wildman–Crippen MR) is 137 cm³/mol. The first kappa shape index (κ1) is 20.0. The van der Waals surface area contributed by atoms with Crippen LogP contribution in [0, 0.1) is 6.92 Å². The van der Waals surface area contributed by atoms with Crippen molar-refractivity contribution in [3.05, 3.63) is 114 Å². The number of aryl methyl sites for hydroxylation is 1. The second kappa shape index (κ2) is 8.40. The monoisotopic (exact) mass is 491 g/mol. The third-order valence-electron chi connectivity index (χ3n) is 5.82. The zero-order valence-electron chi connectivity index (χ0n) is 18.2. The summed E-state index contributed by atoms with van der Waals surface area (Å²) in [5.41, 5.74) is 7.50. The topological polar surface area (TPSA) is 38.7 Å². The van der Waals surface area contributed by atoms with Crippen LogP contribution in [0.5, 0.6) is 0 Å². The fourth-order valence-electron chi connectivity index (χ4n) is 4.23. The first-order valence-corrected chi connectivity index (χ1v) is 12.7. The van der Waals surface area contributed by atoms with Gasteiger partial charge in [-0.2, -0.15) is 0 Å². The number of pyridine rings is 3. The molecular weight excluding hydrogens is 469 g/mol. The van der Waals surface area contributed by atoms with Crippen LogP contribution >= 0.6 is 0 Å². The summed E-state index contributed by atoms with van der Waals surface area (Å²) in [4.78, 5) is 14.7. The standard InChI is InChI=1S/C29H21N3Se/c1-19-16-17-24-23-12-7-13-25(28(23)33-29(24)30-19)27-15-6-11-22(32-27)18-21-10-5-14-26(31-21)20-8-3-2-4-9-20/h2-17H,18H2,1H3. The average molecular weight is 490 g/mol. The van der Waals surface area contributed by atoms with Crippen LogP contribution < -0.4 is 0 Å². The fraction of sp³-hybridized carbons (Fsp3) is 0.0690. The molecule has 0 unspecified atom stereocenters. The van der Waals surface area contributed by atoms with Crippen LogP contribution in [0.25, 0.3) is 41.9 Å². The van der Waals surface area contributed by atoms with Gasteiger partial charge in [-0.25, -0.2) is 0 Å². The molecule has 0 aliphatic heterocycles.